The summed E-state index contributed by atoms with van der Waals surface area (Å²) in [4.78, 5) is 0. The maximum atomic E-state index is 11.9. The normalized spacial score (nSPS) is 15.0. The van der Waals surface area contributed by atoms with Crippen molar-refractivity contribution in [3.8, 4) is 0 Å². The van der Waals surface area contributed by atoms with Crippen LogP contribution in [0.25, 0.3) is 0 Å². The minimum Gasteiger partial charge on any atom is -0.396 e. The highest BCUT2D eigenvalue weighted by Gasteiger charge is 2.41. The van der Waals surface area contributed by atoms with Crippen molar-refractivity contribution in [3.63, 3.8) is 0 Å². The van der Waals surface area contributed by atoms with E-state index in [1.165, 1.54) is 0 Å². The molecule has 2 aromatic rings. The number of aliphatic hydroxyl groups excluding tert-OH is 1. The van der Waals surface area contributed by atoms with Crippen molar-refractivity contribution >= 4 is 15.9 Å². The summed E-state index contributed by atoms with van der Waals surface area (Å²) >= 11 is 3.48. The molecule has 0 bridgehead atoms. The zero-order chi connectivity index (χ0) is 19.0. The van der Waals surface area contributed by atoms with E-state index >= 15 is 0 Å². The zero-order valence-electron chi connectivity index (χ0n) is 15.7. The van der Waals surface area contributed by atoms with Crippen LogP contribution in [0.2, 0.25) is 0 Å². The van der Waals surface area contributed by atoms with Crippen LogP contribution in [0.5, 0.6) is 0 Å². The molecule has 0 saturated heterocycles. The van der Waals surface area contributed by atoms with Gasteiger partial charge in [0.25, 0.3) is 0 Å². The SMILES string of the molecule is CC(C)C(O)(c1ccc(Br)cc1)C(CNCCCCO)c1ccccc1. The van der Waals surface area contributed by atoms with Gasteiger partial charge in [0.15, 0.2) is 0 Å². The minimum atomic E-state index is -0.980. The molecule has 3 N–H and O–H groups in total. The Kier molecular flexibility index (Phi) is 8.29. The van der Waals surface area contributed by atoms with E-state index in [1.807, 2.05) is 42.5 Å². The number of aliphatic hydroxyl groups is 2. The smallest absolute Gasteiger partial charge is 0.0999 e. The van der Waals surface area contributed by atoms with Gasteiger partial charge < -0.3 is 15.5 Å². The first-order chi connectivity index (χ1) is 12.5. The van der Waals surface area contributed by atoms with E-state index in [0.29, 0.717) is 6.54 Å². The van der Waals surface area contributed by atoms with Gasteiger partial charge in [-0.05, 0) is 48.6 Å². The predicted octanol–water partition coefficient (Wildman–Crippen LogP) is 4.44. The monoisotopic (exact) mass is 419 g/mol. The number of hydrogen-bond acceptors (Lipinski definition) is 3. The lowest BCUT2D eigenvalue weighted by Crippen LogP contribution is -2.43. The fourth-order valence-corrected chi connectivity index (χ4v) is 3.74. The van der Waals surface area contributed by atoms with Gasteiger partial charge in [-0.3, -0.25) is 0 Å². The molecule has 0 aromatic heterocycles. The number of rotatable bonds is 10. The van der Waals surface area contributed by atoms with Gasteiger partial charge in [-0.15, -0.1) is 0 Å². The average Bonchev–Trinajstić information content (AvgIpc) is 2.65. The maximum Gasteiger partial charge on any atom is 0.0999 e. The third kappa shape index (κ3) is 5.17. The molecular weight excluding hydrogens is 390 g/mol. The summed E-state index contributed by atoms with van der Waals surface area (Å²) in [5, 5.41) is 24.3. The molecule has 0 heterocycles. The maximum absolute atomic E-state index is 11.9. The van der Waals surface area contributed by atoms with Crippen LogP contribution in [0.1, 0.15) is 43.7 Å². The second-order valence-electron chi connectivity index (χ2n) is 7.09. The molecule has 0 radical (unpaired) electrons. The third-order valence-electron chi connectivity index (χ3n) is 5.03. The van der Waals surface area contributed by atoms with Crippen LogP contribution in [0.4, 0.5) is 0 Å². The Hall–Kier alpha value is -1.20. The summed E-state index contributed by atoms with van der Waals surface area (Å²) in [7, 11) is 0. The van der Waals surface area contributed by atoms with E-state index in [0.717, 1.165) is 35.0 Å². The number of benzene rings is 2. The van der Waals surface area contributed by atoms with Crippen molar-refractivity contribution in [3.05, 3.63) is 70.2 Å². The van der Waals surface area contributed by atoms with Gasteiger partial charge in [-0.25, -0.2) is 0 Å². The van der Waals surface area contributed by atoms with Crippen LogP contribution >= 0.6 is 15.9 Å². The van der Waals surface area contributed by atoms with E-state index in [1.54, 1.807) is 0 Å². The van der Waals surface area contributed by atoms with Gasteiger partial charge in [0.05, 0.1) is 5.60 Å². The fourth-order valence-electron chi connectivity index (χ4n) is 3.47. The summed E-state index contributed by atoms with van der Waals surface area (Å²) in [5.41, 5.74) is 1.08. The second-order valence-corrected chi connectivity index (χ2v) is 8.00. The third-order valence-corrected chi connectivity index (χ3v) is 5.56. The molecule has 142 valence electrons. The van der Waals surface area contributed by atoms with Gasteiger partial charge in [-0.1, -0.05) is 72.2 Å². The van der Waals surface area contributed by atoms with Crippen molar-refractivity contribution < 1.29 is 10.2 Å². The zero-order valence-corrected chi connectivity index (χ0v) is 17.2. The molecule has 3 nitrogen and oxygen atoms in total. The minimum absolute atomic E-state index is 0.0492. The summed E-state index contributed by atoms with van der Waals surface area (Å²) in [6.07, 6.45) is 1.72. The van der Waals surface area contributed by atoms with Crippen LogP contribution in [0.15, 0.2) is 59.1 Å². The fraction of sp³-hybridized carbons (Fsp3) is 0.455. The summed E-state index contributed by atoms with van der Waals surface area (Å²) in [6.45, 7) is 5.88. The first kappa shape index (κ1) is 21.1. The highest BCUT2D eigenvalue weighted by molar-refractivity contribution is 9.10. The van der Waals surface area contributed by atoms with Crippen molar-refractivity contribution in [2.75, 3.05) is 19.7 Å². The average molecular weight is 420 g/mol. The van der Waals surface area contributed by atoms with Gasteiger partial charge >= 0.3 is 0 Å². The number of unbranched alkanes of at least 4 members (excludes halogenated alkanes) is 1. The highest BCUT2D eigenvalue weighted by Crippen LogP contribution is 2.42. The number of halogens is 1. The number of hydrogen-bond donors (Lipinski definition) is 3. The molecule has 0 amide bonds. The lowest BCUT2D eigenvalue weighted by Gasteiger charge is -2.41. The predicted molar refractivity (Wildman–Crippen MR) is 111 cm³/mol. The van der Waals surface area contributed by atoms with Crippen LogP contribution in [0.3, 0.4) is 0 Å². The molecule has 2 unspecified atom stereocenters. The van der Waals surface area contributed by atoms with Crippen LogP contribution < -0.4 is 5.32 Å². The van der Waals surface area contributed by atoms with E-state index in [-0.39, 0.29) is 18.4 Å². The summed E-state index contributed by atoms with van der Waals surface area (Å²) in [5.74, 6) is -0.0212. The van der Waals surface area contributed by atoms with E-state index < -0.39 is 5.60 Å². The molecule has 26 heavy (non-hydrogen) atoms. The standard InChI is InChI=1S/C22H30BrNO2/c1-17(2)22(26,19-10-12-20(23)13-11-19)21(16-24-14-6-7-15-25)18-8-4-3-5-9-18/h3-5,8-13,17,21,24-26H,6-7,14-16H2,1-2H3. The van der Waals surface area contributed by atoms with Crippen LogP contribution in [-0.2, 0) is 5.60 Å². The summed E-state index contributed by atoms with van der Waals surface area (Å²) < 4.78 is 1.01. The topological polar surface area (TPSA) is 52.5 Å². The van der Waals surface area contributed by atoms with Crippen molar-refractivity contribution in [1.29, 1.82) is 0 Å². The largest absolute Gasteiger partial charge is 0.396 e. The van der Waals surface area contributed by atoms with Crippen molar-refractivity contribution in [1.82, 2.24) is 5.32 Å². The molecule has 0 spiro atoms. The Morgan fingerprint density at radius 3 is 2.23 bits per heavy atom. The Morgan fingerprint density at radius 2 is 1.65 bits per heavy atom. The van der Waals surface area contributed by atoms with E-state index in [4.69, 9.17) is 5.11 Å². The first-order valence-electron chi connectivity index (χ1n) is 9.35. The lowest BCUT2D eigenvalue weighted by molar-refractivity contribution is -0.0370. The lowest BCUT2D eigenvalue weighted by atomic mass is 9.70. The molecule has 0 aliphatic carbocycles. The Labute approximate surface area is 165 Å². The van der Waals surface area contributed by atoms with Gasteiger partial charge in [0.2, 0.25) is 0 Å². The van der Waals surface area contributed by atoms with Gasteiger partial charge in [-0.2, -0.15) is 0 Å². The molecule has 0 fully saturated rings. The summed E-state index contributed by atoms with van der Waals surface area (Å²) in [6, 6.07) is 18.2. The Bertz CT molecular complexity index is 645. The quantitative estimate of drug-likeness (QED) is 0.498. The molecule has 2 rings (SSSR count). The van der Waals surface area contributed by atoms with Crippen molar-refractivity contribution in [2.45, 2.75) is 38.2 Å². The van der Waals surface area contributed by atoms with Crippen molar-refractivity contribution in [2.24, 2.45) is 5.92 Å². The molecule has 2 atom stereocenters. The van der Waals surface area contributed by atoms with Crippen LogP contribution in [-0.4, -0.2) is 29.9 Å². The molecule has 4 heteroatoms. The van der Waals surface area contributed by atoms with E-state index in [2.05, 4.69) is 47.2 Å². The molecule has 2 aromatic carbocycles. The van der Waals surface area contributed by atoms with Gasteiger partial charge in [0.1, 0.15) is 0 Å². The van der Waals surface area contributed by atoms with E-state index in [9.17, 15) is 5.11 Å². The molecular formula is C22H30BrNO2. The Balaban J connectivity index is 2.34. The number of nitrogens with one attached hydrogen (secondary N) is 1. The second kappa shape index (κ2) is 10.2. The molecule has 0 saturated carbocycles. The van der Waals surface area contributed by atoms with Gasteiger partial charge in [0, 0.05) is 23.5 Å². The Morgan fingerprint density at radius 1 is 1.00 bits per heavy atom. The molecule has 0 aliphatic rings. The van der Waals surface area contributed by atoms with Crippen LogP contribution in [0, 0.1) is 5.92 Å². The molecule has 0 aliphatic heterocycles. The highest BCUT2D eigenvalue weighted by atomic mass is 79.9. The first-order valence-corrected chi connectivity index (χ1v) is 10.1.